The van der Waals surface area contributed by atoms with E-state index in [0.29, 0.717) is 37.2 Å². The molecule has 1 amide bonds. The normalized spacial score (nSPS) is 18.1. The Kier molecular flexibility index (Phi) is 4.43. The van der Waals surface area contributed by atoms with Crippen molar-refractivity contribution < 1.29 is 9.53 Å². The number of hydrogen-bond donors (Lipinski definition) is 1. The van der Waals surface area contributed by atoms with Crippen LogP contribution in [0.2, 0.25) is 0 Å². The van der Waals surface area contributed by atoms with Gasteiger partial charge in [0, 0.05) is 44.8 Å². The van der Waals surface area contributed by atoms with Crippen LogP contribution in [0.25, 0.3) is 10.9 Å². The van der Waals surface area contributed by atoms with Crippen LogP contribution in [0.4, 0.5) is 0 Å². The Morgan fingerprint density at radius 1 is 1.21 bits per heavy atom. The highest BCUT2D eigenvalue weighted by molar-refractivity contribution is 5.78. The van der Waals surface area contributed by atoms with Crippen LogP contribution in [0.15, 0.2) is 41.7 Å². The summed E-state index contributed by atoms with van der Waals surface area (Å²) in [4.78, 5) is 40.1. The predicted molar refractivity (Wildman–Crippen MR) is 106 cm³/mol. The van der Waals surface area contributed by atoms with Gasteiger partial charge in [-0.15, -0.1) is 0 Å². The molecule has 8 heteroatoms. The molecule has 0 radical (unpaired) electrons. The summed E-state index contributed by atoms with van der Waals surface area (Å²) in [6.07, 6.45) is 5.76. The average molecular weight is 393 g/mol. The molecule has 2 aromatic heterocycles. The SMILES string of the molecule is O=C(CCn1cnc2ccccc2c1=O)N1CCc2[nH]cnc2C12CCOCC2. The van der Waals surface area contributed by atoms with E-state index in [9.17, 15) is 9.59 Å². The first kappa shape index (κ1) is 18.1. The molecule has 150 valence electrons. The molecule has 0 saturated carbocycles. The number of aromatic amines is 1. The van der Waals surface area contributed by atoms with Gasteiger partial charge in [-0.05, 0) is 25.0 Å². The van der Waals surface area contributed by atoms with Gasteiger partial charge in [0.15, 0.2) is 0 Å². The molecule has 0 unspecified atom stereocenters. The molecule has 0 bridgehead atoms. The van der Waals surface area contributed by atoms with Crippen molar-refractivity contribution in [2.75, 3.05) is 19.8 Å². The number of nitrogens with one attached hydrogen (secondary N) is 1. The lowest BCUT2D eigenvalue weighted by Crippen LogP contribution is -2.56. The maximum absolute atomic E-state index is 13.3. The Bertz CT molecular complexity index is 1110. The molecule has 29 heavy (non-hydrogen) atoms. The first-order chi connectivity index (χ1) is 14.2. The number of aryl methyl sites for hydroxylation is 1. The Balaban J connectivity index is 1.39. The number of imidazole rings is 1. The third-order valence-electron chi connectivity index (χ3n) is 6.18. The minimum absolute atomic E-state index is 0.0422. The number of benzene rings is 1. The minimum atomic E-state index is -0.407. The van der Waals surface area contributed by atoms with Gasteiger partial charge in [0.1, 0.15) is 0 Å². The molecule has 5 rings (SSSR count). The number of amides is 1. The van der Waals surface area contributed by atoms with Crippen molar-refractivity contribution in [1.29, 1.82) is 0 Å². The maximum Gasteiger partial charge on any atom is 0.261 e. The molecule has 1 fully saturated rings. The lowest BCUT2D eigenvalue weighted by atomic mass is 9.80. The summed E-state index contributed by atoms with van der Waals surface area (Å²) in [5.41, 5.74) is 2.24. The van der Waals surface area contributed by atoms with E-state index in [1.165, 1.54) is 10.9 Å². The van der Waals surface area contributed by atoms with E-state index in [1.807, 2.05) is 23.1 Å². The summed E-state index contributed by atoms with van der Waals surface area (Å²) in [6.45, 7) is 2.19. The fourth-order valence-electron chi connectivity index (χ4n) is 4.67. The van der Waals surface area contributed by atoms with E-state index < -0.39 is 5.54 Å². The van der Waals surface area contributed by atoms with Crippen molar-refractivity contribution in [2.24, 2.45) is 0 Å². The summed E-state index contributed by atoms with van der Waals surface area (Å²) in [6, 6.07) is 7.26. The van der Waals surface area contributed by atoms with Crippen molar-refractivity contribution in [3.63, 3.8) is 0 Å². The van der Waals surface area contributed by atoms with Gasteiger partial charge in [0.25, 0.3) is 5.56 Å². The highest BCUT2D eigenvalue weighted by atomic mass is 16.5. The molecular weight excluding hydrogens is 370 g/mol. The van der Waals surface area contributed by atoms with Crippen LogP contribution in [0.5, 0.6) is 0 Å². The lowest BCUT2D eigenvalue weighted by Gasteiger charge is -2.48. The highest BCUT2D eigenvalue weighted by Crippen LogP contribution is 2.41. The first-order valence-electron chi connectivity index (χ1n) is 10.0. The molecule has 1 spiro atoms. The van der Waals surface area contributed by atoms with Crippen LogP contribution in [0.3, 0.4) is 0 Å². The smallest absolute Gasteiger partial charge is 0.261 e. The molecular formula is C21H23N5O3. The number of H-pyrrole nitrogens is 1. The molecule has 0 aliphatic carbocycles. The molecule has 1 saturated heterocycles. The van der Waals surface area contributed by atoms with Crippen molar-refractivity contribution in [1.82, 2.24) is 24.4 Å². The van der Waals surface area contributed by atoms with Gasteiger partial charge in [-0.25, -0.2) is 9.97 Å². The minimum Gasteiger partial charge on any atom is -0.381 e. The number of ether oxygens (including phenoxy) is 1. The molecule has 1 N–H and O–H groups in total. The topological polar surface area (TPSA) is 93.1 Å². The van der Waals surface area contributed by atoms with E-state index in [1.54, 1.807) is 12.4 Å². The Morgan fingerprint density at radius 2 is 2.03 bits per heavy atom. The second-order valence-electron chi connectivity index (χ2n) is 7.68. The van der Waals surface area contributed by atoms with Crippen molar-refractivity contribution in [2.45, 2.75) is 37.8 Å². The van der Waals surface area contributed by atoms with Crippen molar-refractivity contribution in [3.8, 4) is 0 Å². The first-order valence-corrected chi connectivity index (χ1v) is 10.0. The summed E-state index contributed by atoms with van der Waals surface area (Å²) in [7, 11) is 0. The zero-order valence-corrected chi connectivity index (χ0v) is 16.1. The van der Waals surface area contributed by atoms with Gasteiger partial charge in [-0.2, -0.15) is 0 Å². The number of carbonyl (C=O) groups is 1. The van der Waals surface area contributed by atoms with Gasteiger partial charge in [0.2, 0.25) is 5.91 Å². The number of carbonyl (C=O) groups excluding carboxylic acids is 1. The average Bonchev–Trinajstić information content (AvgIpc) is 3.24. The Morgan fingerprint density at radius 3 is 2.90 bits per heavy atom. The zero-order chi connectivity index (χ0) is 19.8. The molecule has 8 nitrogen and oxygen atoms in total. The predicted octanol–water partition coefficient (Wildman–Crippen LogP) is 1.60. The number of fused-ring (bicyclic) bond motifs is 3. The van der Waals surface area contributed by atoms with E-state index in [-0.39, 0.29) is 17.9 Å². The maximum atomic E-state index is 13.3. The second kappa shape index (κ2) is 7.11. The Labute approximate surface area is 167 Å². The lowest BCUT2D eigenvalue weighted by molar-refractivity contribution is -0.144. The largest absolute Gasteiger partial charge is 0.381 e. The zero-order valence-electron chi connectivity index (χ0n) is 16.1. The standard InChI is InChI=1S/C21H23N5O3/c27-18(6-9-25-14-24-16-4-2-1-3-15(16)20(25)28)26-10-5-17-19(23-13-22-17)21(26)7-11-29-12-8-21/h1-4,13-14H,5-12H2,(H,22,23). The van der Waals surface area contributed by atoms with E-state index >= 15 is 0 Å². The quantitative estimate of drug-likeness (QED) is 0.730. The van der Waals surface area contributed by atoms with Gasteiger partial charge in [0.05, 0.1) is 34.8 Å². The molecule has 0 atom stereocenters. The second-order valence-corrected chi connectivity index (χ2v) is 7.68. The molecule has 2 aliphatic rings. The third kappa shape index (κ3) is 2.95. The summed E-state index contributed by atoms with van der Waals surface area (Å²) < 4.78 is 7.10. The number of aromatic nitrogens is 4. The number of nitrogens with zero attached hydrogens (tertiary/aromatic N) is 4. The van der Waals surface area contributed by atoms with Crippen LogP contribution in [0, 0.1) is 0 Å². The highest BCUT2D eigenvalue weighted by Gasteiger charge is 2.47. The molecule has 4 heterocycles. The summed E-state index contributed by atoms with van der Waals surface area (Å²) in [5.74, 6) is 0.0422. The molecule has 3 aromatic rings. The van der Waals surface area contributed by atoms with Crippen LogP contribution in [-0.2, 0) is 28.0 Å². The van der Waals surface area contributed by atoms with Crippen LogP contribution in [0.1, 0.15) is 30.7 Å². The fraction of sp³-hybridized carbons (Fsp3) is 0.429. The third-order valence-corrected chi connectivity index (χ3v) is 6.18. The van der Waals surface area contributed by atoms with E-state index in [0.717, 1.165) is 30.7 Å². The summed E-state index contributed by atoms with van der Waals surface area (Å²) in [5, 5.41) is 0.572. The monoisotopic (exact) mass is 393 g/mol. The summed E-state index contributed by atoms with van der Waals surface area (Å²) >= 11 is 0. The van der Waals surface area contributed by atoms with E-state index in [2.05, 4.69) is 15.0 Å². The number of hydrogen-bond acceptors (Lipinski definition) is 5. The van der Waals surface area contributed by atoms with E-state index in [4.69, 9.17) is 4.74 Å². The molecule has 2 aliphatic heterocycles. The van der Waals surface area contributed by atoms with Gasteiger partial charge >= 0.3 is 0 Å². The Hall–Kier alpha value is -3.00. The number of rotatable bonds is 3. The van der Waals surface area contributed by atoms with Crippen LogP contribution >= 0.6 is 0 Å². The van der Waals surface area contributed by atoms with Gasteiger partial charge in [-0.1, -0.05) is 12.1 Å². The molecule has 1 aromatic carbocycles. The van der Waals surface area contributed by atoms with Crippen LogP contribution in [-0.4, -0.2) is 50.1 Å². The van der Waals surface area contributed by atoms with Gasteiger partial charge < -0.3 is 14.6 Å². The fourth-order valence-corrected chi connectivity index (χ4v) is 4.67. The van der Waals surface area contributed by atoms with Crippen molar-refractivity contribution >= 4 is 16.8 Å². The van der Waals surface area contributed by atoms with Crippen LogP contribution < -0.4 is 5.56 Å². The van der Waals surface area contributed by atoms with Crippen molar-refractivity contribution in [3.05, 3.63) is 58.7 Å². The number of para-hydroxylation sites is 1. The van der Waals surface area contributed by atoms with Gasteiger partial charge in [-0.3, -0.25) is 14.2 Å².